The van der Waals surface area contributed by atoms with Gasteiger partial charge in [0.1, 0.15) is 5.75 Å². The van der Waals surface area contributed by atoms with Gasteiger partial charge in [-0.15, -0.1) is 0 Å². The summed E-state index contributed by atoms with van der Waals surface area (Å²) in [6.45, 7) is 8.31. The van der Waals surface area contributed by atoms with E-state index in [2.05, 4.69) is 56.3 Å². The molecule has 0 saturated carbocycles. The smallest absolute Gasteiger partial charge is 0.122 e. The maximum Gasteiger partial charge on any atom is 0.122 e. The molecule has 1 nitrogen and oxygen atoms in total. The highest BCUT2D eigenvalue weighted by Gasteiger charge is 2.18. The highest BCUT2D eigenvalue weighted by atomic mass is 16.5. The minimum Gasteiger partial charge on any atom is -0.490 e. The number of fused-ring (bicyclic) bond motifs is 1. The Balaban J connectivity index is 0.000000774. The first kappa shape index (κ1) is 15.6. The van der Waals surface area contributed by atoms with Gasteiger partial charge in [0.2, 0.25) is 0 Å². The van der Waals surface area contributed by atoms with E-state index >= 15 is 0 Å². The number of aryl methyl sites for hydroxylation is 2. The molecule has 1 unspecified atom stereocenters. The van der Waals surface area contributed by atoms with Crippen LogP contribution in [-0.2, 0) is 6.42 Å². The van der Waals surface area contributed by atoms with Crippen molar-refractivity contribution >= 4 is 0 Å². The maximum absolute atomic E-state index is 5.99. The lowest BCUT2D eigenvalue weighted by atomic mass is 9.96. The molecule has 1 atom stereocenters. The van der Waals surface area contributed by atoms with Crippen LogP contribution in [0, 0.1) is 6.92 Å². The third-order valence-electron chi connectivity index (χ3n) is 3.93. The lowest BCUT2D eigenvalue weighted by Gasteiger charge is -2.25. The molecule has 0 spiro atoms. The van der Waals surface area contributed by atoms with Gasteiger partial charge in [-0.1, -0.05) is 56.7 Å². The SMILES string of the molecule is CC.CCC1CCc2cc(-c3ccc(C)cc3)ccc2O1. The van der Waals surface area contributed by atoms with Crippen molar-refractivity contribution in [1.82, 2.24) is 0 Å². The van der Waals surface area contributed by atoms with E-state index in [1.165, 1.54) is 22.3 Å². The number of hydrogen-bond acceptors (Lipinski definition) is 1. The molecule has 1 heterocycles. The average molecular weight is 282 g/mol. The van der Waals surface area contributed by atoms with Crippen LogP contribution in [0.1, 0.15) is 44.7 Å². The summed E-state index contributed by atoms with van der Waals surface area (Å²) in [4.78, 5) is 0. The summed E-state index contributed by atoms with van der Waals surface area (Å²) >= 11 is 0. The molecule has 2 aromatic carbocycles. The van der Waals surface area contributed by atoms with Crippen molar-refractivity contribution in [3.63, 3.8) is 0 Å². The Bertz CT molecular complexity index is 569. The Kier molecular flexibility index (Phi) is 5.44. The monoisotopic (exact) mass is 282 g/mol. The third kappa shape index (κ3) is 3.66. The largest absolute Gasteiger partial charge is 0.490 e. The summed E-state index contributed by atoms with van der Waals surface area (Å²) in [5.41, 5.74) is 5.22. The van der Waals surface area contributed by atoms with Crippen molar-refractivity contribution in [2.24, 2.45) is 0 Å². The Morgan fingerprint density at radius 3 is 2.33 bits per heavy atom. The normalized spacial score (nSPS) is 16.3. The second kappa shape index (κ2) is 7.31. The fraction of sp³-hybridized carbons (Fsp3) is 0.400. The Morgan fingerprint density at radius 2 is 1.67 bits per heavy atom. The molecule has 0 radical (unpaired) electrons. The summed E-state index contributed by atoms with van der Waals surface area (Å²) in [6.07, 6.45) is 3.77. The summed E-state index contributed by atoms with van der Waals surface area (Å²) in [7, 11) is 0. The predicted octanol–water partition coefficient (Wildman–Crippen LogP) is 5.79. The number of benzene rings is 2. The molecule has 0 bridgehead atoms. The second-order valence-corrected chi connectivity index (χ2v) is 5.38. The number of rotatable bonds is 2. The second-order valence-electron chi connectivity index (χ2n) is 5.38. The summed E-state index contributed by atoms with van der Waals surface area (Å²) < 4.78 is 5.99. The number of ether oxygens (including phenoxy) is 1. The van der Waals surface area contributed by atoms with Gasteiger partial charge in [-0.2, -0.15) is 0 Å². The minimum atomic E-state index is 0.401. The van der Waals surface area contributed by atoms with Gasteiger partial charge < -0.3 is 4.74 Å². The van der Waals surface area contributed by atoms with E-state index in [1.807, 2.05) is 13.8 Å². The Hall–Kier alpha value is -1.76. The first-order chi connectivity index (χ1) is 10.3. The highest BCUT2D eigenvalue weighted by Crippen LogP contribution is 2.32. The zero-order chi connectivity index (χ0) is 15.2. The molecular formula is C20H26O. The molecule has 0 N–H and O–H groups in total. The van der Waals surface area contributed by atoms with Crippen LogP contribution in [-0.4, -0.2) is 6.10 Å². The molecule has 0 fully saturated rings. The van der Waals surface area contributed by atoms with E-state index in [4.69, 9.17) is 4.74 Å². The van der Waals surface area contributed by atoms with E-state index in [9.17, 15) is 0 Å². The first-order valence-electron chi connectivity index (χ1n) is 8.13. The highest BCUT2D eigenvalue weighted by molar-refractivity contribution is 5.66. The van der Waals surface area contributed by atoms with Crippen LogP contribution < -0.4 is 4.74 Å². The molecule has 1 heteroatoms. The van der Waals surface area contributed by atoms with Crippen molar-refractivity contribution in [2.75, 3.05) is 0 Å². The average Bonchev–Trinajstić information content (AvgIpc) is 2.56. The van der Waals surface area contributed by atoms with E-state index in [0.29, 0.717) is 6.10 Å². The summed E-state index contributed by atoms with van der Waals surface area (Å²) in [5.74, 6) is 1.08. The molecule has 1 aliphatic rings. The van der Waals surface area contributed by atoms with Crippen LogP contribution in [0.15, 0.2) is 42.5 Å². The van der Waals surface area contributed by atoms with Gasteiger partial charge in [-0.05, 0) is 55.0 Å². The van der Waals surface area contributed by atoms with Crippen molar-refractivity contribution in [1.29, 1.82) is 0 Å². The van der Waals surface area contributed by atoms with Gasteiger partial charge >= 0.3 is 0 Å². The van der Waals surface area contributed by atoms with Gasteiger partial charge in [-0.3, -0.25) is 0 Å². The van der Waals surface area contributed by atoms with E-state index in [1.54, 1.807) is 0 Å². The summed E-state index contributed by atoms with van der Waals surface area (Å²) in [5, 5.41) is 0. The van der Waals surface area contributed by atoms with Crippen molar-refractivity contribution in [3.05, 3.63) is 53.6 Å². The van der Waals surface area contributed by atoms with E-state index in [-0.39, 0.29) is 0 Å². The van der Waals surface area contributed by atoms with Crippen molar-refractivity contribution in [2.45, 2.75) is 53.1 Å². The van der Waals surface area contributed by atoms with Crippen LogP contribution in [0.5, 0.6) is 5.75 Å². The van der Waals surface area contributed by atoms with Crippen LogP contribution >= 0.6 is 0 Å². The van der Waals surface area contributed by atoms with E-state index < -0.39 is 0 Å². The van der Waals surface area contributed by atoms with Crippen LogP contribution in [0.25, 0.3) is 11.1 Å². The molecule has 2 aromatic rings. The van der Waals surface area contributed by atoms with Gasteiger partial charge in [-0.25, -0.2) is 0 Å². The molecule has 112 valence electrons. The molecule has 0 saturated heterocycles. The van der Waals surface area contributed by atoms with Gasteiger partial charge in [0, 0.05) is 0 Å². The van der Waals surface area contributed by atoms with Gasteiger partial charge in [0.25, 0.3) is 0 Å². The molecule has 3 rings (SSSR count). The third-order valence-corrected chi connectivity index (χ3v) is 3.93. The lowest BCUT2D eigenvalue weighted by Crippen LogP contribution is -2.21. The predicted molar refractivity (Wildman–Crippen MR) is 91.0 cm³/mol. The molecule has 1 aliphatic heterocycles. The van der Waals surface area contributed by atoms with Crippen LogP contribution in [0.4, 0.5) is 0 Å². The fourth-order valence-electron chi connectivity index (χ4n) is 2.66. The van der Waals surface area contributed by atoms with E-state index in [0.717, 1.165) is 25.0 Å². The number of hydrogen-bond donors (Lipinski definition) is 0. The molecule has 0 aliphatic carbocycles. The van der Waals surface area contributed by atoms with Crippen molar-refractivity contribution < 1.29 is 4.74 Å². The maximum atomic E-state index is 5.99. The van der Waals surface area contributed by atoms with Crippen LogP contribution in [0.2, 0.25) is 0 Å². The molecule has 0 amide bonds. The van der Waals surface area contributed by atoms with Gasteiger partial charge in [0.15, 0.2) is 0 Å². The zero-order valence-electron chi connectivity index (χ0n) is 13.6. The minimum absolute atomic E-state index is 0.401. The Morgan fingerprint density at radius 1 is 1.00 bits per heavy atom. The molecular weight excluding hydrogens is 256 g/mol. The Labute approximate surface area is 129 Å². The van der Waals surface area contributed by atoms with Crippen molar-refractivity contribution in [3.8, 4) is 16.9 Å². The zero-order valence-corrected chi connectivity index (χ0v) is 13.6. The van der Waals surface area contributed by atoms with Gasteiger partial charge in [0.05, 0.1) is 6.10 Å². The molecule has 0 aromatic heterocycles. The standard InChI is InChI=1S/C18H20O.C2H6/c1-3-17-10-8-16-12-15(9-11-18(16)19-17)14-6-4-13(2)5-7-14;1-2/h4-7,9,11-12,17H,3,8,10H2,1-2H3;1-2H3. The first-order valence-corrected chi connectivity index (χ1v) is 8.13. The molecule has 21 heavy (non-hydrogen) atoms. The fourth-order valence-corrected chi connectivity index (χ4v) is 2.66. The topological polar surface area (TPSA) is 9.23 Å². The van der Waals surface area contributed by atoms with Crippen LogP contribution in [0.3, 0.4) is 0 Å². The lowest BCUT2D eigenvalue weighted by molar-refractivity contribution is 0.169. The summed E-state index contributed by atoms with van der Waals surface area (Å²) in [6, 6.07) is 15.3. The quantitative estimate of drug-likeness (QED) is 0.677.